The molecule has 52 heavy (non-hydrogen) atoms. The number of nitrogens with one attached hydrogen (secondary N) is 2. The zero-order valence-electron chi connectivity index (χ0n) is 28.1. The minimum absolute atomic E-state index is 0.179. The van der Waals surface area contributed by atoms with Crippen LogP contribution in [0.4, 0.5) is 0 Å². The second kappa shape index (κ2) is 11.9. The minimum Gasteiger partial charge on any atom is -0.457 e. The van der Waals surface area contributed by atoms with E-state index in [0.717, 1.165) is 56.3 Å². The molecule has 0 aromatic heterocycles. The number of para-hydroxylation sites is 2. The largest absolute Gasteiger partial charge is 0.457 e. The molecule has 7 aromatic rings. The summed E-state index contributed by atoms with van der Waals surface area (Å²) in [7, 11) is 0. The van der Waals surface area contributed by atoms with Crippen LogP contribution in [0.3, 0.4) is 0 Å². The van der Waals surface area contributed by atoms with Gasteiger partial charge in [-0.05, 0) is 80.9 Å². The number of aliphatic imine (C=N–C) groups is 1. The number of nitriles is 1. The molecule has 2 unspecified atom stereocenters. The summed E-state index contributed by atoms with van der Waals surface area (Å²) in [6.45, 7) is 0. The van der Waals surface area contributed by atoms with Crippen molar-refractivity contribution in [2.45, 2.75) is 17.7 Å². The van der Waals surface area contributed by atoms with Crippen molar-refractivity contribution in [2.75, 3.05) is 0 Å². The first-order chi connectivity index (χ1) is 25.7. The summed E-state index contributed by atoms with van der Waals surface area (Å²) in [5.74, 6) is 2.57. The van der Waals surface area contributed by atoms with Crippen molar-refractivity contribution >= 4 is 5.84 Å². The normalized spacial score (nSPS) is 17.3. The SMILES string of the molecule is N#Cc1ccc(-c2cccc(C3N=C(c4ccc5c(c4)C4(c6ccccc6Oc6ccccc64)c4ccccc4-5)NC(c4ccccc4)N3)c2)cc1. The molecular weight excluding hydrogens is 637 g/mol. The highest BCUT2D eigenvalue weighted by atomic mass is 16.5. The van der Waals surface area contributed by atoms with Crippen molar-refractivity contribution in [1.29, 1.82) is 5.26 Å². The van der Waals surface area contributed by atoms with Gasteiger partial charge in [0.05, 0.1) is 17.0 Å². The molecule has 0 bridgehead atoms. The zero-order chi connectivity index (χ0) is 34.6. The summed E-state index contributed by atoms with van der Waals surface area (Å²) < 4.78 is 6.56. The monoisotopic (exact) mass is 668 g/mol. The molecular formula is C47H32N4O. The Morgan fingerprint density at radius 3 is 1.92 bits per heavy atom. The van der Waals surface area contributed by atoms with E-state index in [-0.39, 0.29) is 12.3 Å². The molecule has 1 aliphatic carbocycles. The fourth-order valence-electron chi connectivity index (χ4n) is 8.32. The van der Waals surface area contributed by atoms with Crippen LogP contribution in [0.1, 0.15) is 56.8 Å². The summed E-state index contributed by atoms with van der Waals surface area (Å²) >= 11 is 0. The Labute approximate surface area is 302 Å². The minimum atomic E-state index is -0.561. The van der Waals surface area contributed by atoms with E-state index in [2.05, 4.69) is 144 Å². The predicted molar refractivity (Wildman–Crippen MR) is 205 cm³/mol. The van der Waals surface area contributed by atoms with Gasteiger partial charge >= 0.3 is 0 Å². The Kier molecular flexibility index (Phi) is 6.92. The highest BCUT2D eigenvalue weighted by molar-refractivity contribution is 6.01. The zero-order valence-corrected chi connectivity index (χ0v) is 28.1. The first-order valence-corrected chi connectivity index (χ1v) is 17.6. The van der Waals surface area contributed by atoms with E-state index >= 15 is 0 Å². The molecule has 1 spiro atoms. The molecule has 0 fully saturated rings. The van der Waals surface area contributed by atoms with Crippen LogP contribution >= 0.6 is 0 Å². The summed E-state index contributed by atoms with van der Waals surface area (Å²) in [4.78, 5) is 5.38. The van der Waals surface area contributed by atoms with Gasteiger partial charge in [-0.25, -0.2) is 4.99 Å². The third-order valence-electron chi connectivity index (χ3n) is 10.7. The number of fused-ring (bicyclic) bond motifs is 9. The number of rotatable bonds is 4. The second-order valence-electron chi connectivity index (χ2n) is 13.5. The van der Waals surface area contributed by atoms with Gasteiger partial charge in [0, 0.05) is 16.7 Å². The Morgan fingerprint density at radius 1 is 0.538 bits per heavy atom. The molecule has 2 heterocycles. The molecule has 5 nitrogen and oxygen atoms in total. The van der Waals surface area contributed by atoms with E-state index in [0.29, 0.717) is 5.56 Å². The van der Waals surface area contributed by atoms with Crippen LogP contribution in [0.5, 0.6) is 11.5 Å². The van der Waals surface area contributed by atoms with Crippen molar-refractivity contribution in [3.05, 3.63) is 214 Å². The average Bonchev–Trinajstić information content (AvgIpc) is 3.51. The standard InChI is InChI=1S/C47H32N4O/c48-29-30-21-23-31(24-22-30)33-13-10-14-34(27-33)45-49-44(32-11-2-1-3-12-32)50-46(51-45)35-25-26-37-36-15-4-5-16-38(36)47(41(37)28-35)39-17-6-8-19-42(39)52-43-20-9-7-18-40(43)47/h1-28,44-45,49H,(H,50,51). The number of nitrogens with zero attached hydrogens (tertiary/aromatic N) is 2. The Hall–Kier alpha value is -6.74. The van der Waals surface area contributed by atoms with Gasteiger partial charge < -0.3 is 10.1 Å². The molecule has 0 amide bonds. The van der Waals surface area contributed by atoms with E-state index in [4.69, 9.17) is 9.73 Å². The van der Waals surface area contributed by atoms with Crippen molar-refractivity contribution < 1.29 is 4.74 Å². The van der Waals surface area contributed by atoms with E-state index in [9.17, 15) is 5.26 Å². The lowest BCUT2D eigenvalue weighted by atomic mass is 9.66. The third-order valence-corrected chi connectivity index (χ3v) is 10.7. The smallest absolute Gasteiger partial charge is 0.132 e. The Bertz CT molecular complexity index is 2540. The molecule has 2 atom stereocenters. The van der Waals surface area contributed by atoms with Crippen LogP contribution in [0, 0.1) is 11.3 Å². The van der Waals surface area contributed by atoms with E-state index < -0.39 is 5.41 Å². The molecule has 2 N–H and O–H groups in total. The number of ether oxygens (including phenoxy) is 1. The topological polar surface area (TPSA) is 69.4 Å². The molecule has 246 valence electrons. The van der Waals surface area contributed by atoms with Crippen molar-refractivity contribution in [2.24, 2.45) is 4.99 Å². The summed E-state index contributed by atoms with van der Waals surface area (Å²) in [5.41, 5.74) is 12.6. The van der Waals surface area contributed by atoms with E-state index in [1.165, 1.54) is 22.3 Å². The molecule has 0 radical (unpaired) electrons. The van der Waals surface area contributed by atoms with Crippen molar-refractivity contribution in [3.63, 3.8) is 0 Å². The number of benzene rings is 7. The maximum atomic E-state index is 9.32. The quantitative estimate of drug-likeness (QED) is 0.196. The number of amidine groups is 1. The summed E-state index contributed by atoms with van der Waals surface area (Å²) in [6, 6.07) is 61.4. The molecule has 2 aliphatic heterocycles. The first kappa shape index (κ1) is 30.1. The second-order valence-corrected chi connectivity index (χ2v) is 13.5. The van der Waals surface area contributed by atoms with Crippen LogP contribution in [0.25, 0.3) is 22.3 Å². The van der Waals surface area contributed by atoms with Gasteiger partial charge in [-0.15, -0.1) is 0 Å². The summed E-state index contributed by atoms with van der Waals surface area (Å²) in [6.07, 6.45) is -0.495. The highest BCUT2D eigenvalue weighted by Gasteiger charge is 2.51. The van der Waals surface area contributed by atoms with Crippen LogP contribution in [0.15, 0.2) is 175 Å². The van der Waals surface area contributed by atoms with Crippen LogP contribution < -0.4 is 15.4 Å². The molecule has 0 saturated carbocycles. The van der Waals surface area contributed by atoms with Gasteiger partial charge in [0.2, 0.25) is 0 Å². The van der Waals surface area contributed by atoms with Gasteiger partial charge in [-0.1, -0.05) is 133 Å². The van der Waals surface area contributed by atoms with Crippen molar-refractivity contribution in [1.82, 2.24) is 10.6 Å². The molecule has 10 rings (SSSR count). The van der Waals surface area contributed by atoms with Gasteiger partial charge in [0.15, 0.2) is 0 Å². The van der Waals surface area contributed by atoms with Gasteiger partial charge in [0.25, 0.3) is 0 Å². The molecule has 7 aromatic carbocycles. The van der Waals surface area contributed by atoms with Crippen LogP contribution in [-0.2, 0) is 5.41 Å². The summed E-state index contributed by atoms with van der Waals surface area (Å²) in [5, 5.41) is 16.9. The average molecular weight is 669 g/mol. The van der Waals surface area contributed by atoms with E-state index in [1.54, 1.807) is 0 Å². The molecule has 0 saturated heterocycles. The van der Waals surface area contributed by atoms with E-state index in [1.807, 2.05) is 42.5 Å². The maximum absolute atomic E-state index is 9.32. The fourth-order valence-corrected chi connectivity index (χ4v) is 8.32. The Balaban J connectivity index is 1.15. The number of hydrogen-bond acceptors (Lipinski definition) is 5. The van der Waals surface area contributed by atoms with Crippen molar-refractivity contribution in [3.8, 4) is 39.8 Å². The van der Waals surface area contributed by atoms with Crippen LogP contribution in [-0.4, -0.2) is 5.84 Å². The van der Waals surface area contributed by atoms with Gasteiger partial charge in [-0.3, -0.25) is 5.32 Å². The lowest BCUT2D eigenvalue weighted by Crippen LogP contribution is -2.45. The highest BCUT2D eigenvalue weighted by Crippen LogP contribution is 2.62. The predicted octanol–water partition coefficient (Wildman–Crippen LogP) is 10.0. The maximum Gasteiger partial charge on any atom is 0.132 e. The Morgan fingerprint density at radius 2 is 1.17 bits per heavy atom. The van der Waals surface area contributed by atoms with Crippen LogP contribution in [0.2, 0.25) is 0 Å². The molecule has 5 heteroatoms. The lowest BCUT2D eigenvalue weighted by Gasteiger charge is -2.39. The van der Waals surface area contributed by atoms with Gasteiger partial charge in [-0.2, -0.15) is 5.26 Å². The third kappa shape index (κ3) is 4.62. The lowest BCUT2D eigenvalue weighted by molar-refractivity contribution is 0.409. The molecule has 3 aliphatic rings. The van der Waals surface area contributed by atoms with Gasteiger partial charge in [0.1, 0.15) is 29.7 Å². The number of hydrogen-bond donors (Lipinski definition) is 2. The first-order valence-electron chi connectivity index (χ1n) is 17.6. The fraction of sp³-hybridized carbons (Fsp3) is 0.0638.